The van der Waals surface area contributed by atoms with E-state index < -0.39 is 0 Å². The second kappa shape index (κ2) is 6.59. The second-order valence-electron chi connectivity index (χ2n) is 4.36. The fraction of sp³-hybridized carbons (Fsp3) is 0.267. The molecule has 0 aliphatic carbocycles. The first-order valence-corrected chi connectivity index (χ1v) is 7.37. The number of hydrogen-bond acceptors (Lipinski definition) is 4. The number of pyridine rings is 1. The van der Waals surface area contributed by atoms with Crippen molar-refractivity contribution in [2.45, 2.75) is 24.3 Å². The Morgan fingerprint density at radius 1 is 1.21 bits per heavy atom. The fourth-order valence-corrected chi connectivity index (χ4v) is 2.62. The predicted molar refractivity (Wildman–Crippen MR) is 82.1 cm³/mol. The van der Waals surface area contributed by atoms with Gasteiger partial charge < -0.3 is 11.5 Å². The van der Waals surface area contributed by atoms with Crippen LogP contribution in [0.2, 0.25) is 0 Å². The summed E-state index contributed by atoms with van der Waals surface area (Å²) >= 11 is 1.83. The molecular weight excluding hydrogens is 254 g/mol. The minimum absolute atomic E-state index is 0.0489. The van der Waals surface area contributed by atoms with Crippen LogP contribution in [0.25, 0.3) is 0 Å². The monoisotopic (exact) mass is 273 g/mol. The van der Waals surface area contributed by atoms with Crippen LogP contribution in [0.5, 0.6) is 0 Å². The van der Waals surface area contributed by atoms with Crippen LogP contribution in [0.15, 0.2) is 47.5 Å². The highest BCUT2D eigenvalue weighted by Gasteiger charge is 2.09. The van der Waals surface area contributed by atoms with Gasteiger partial charge in [-0.25, -0.2) is 4.98 Å². The van der Waals surface area contributed by atoms with E-state index in [1.807, 2.05) is 23.9 Å². The van der Waals surface area contributed by atoms with E-state index >= 15 is 0 Å². The molecule has 3 nitrogen and oxygen atoms in total. The van der Waals surface area contributed by atoms with Gasteiger partial charge >= 0.3 is 0 Å². The molecule has 0 bridgehead atoms. The third-order valence-corrected chi connectivity index (χ3v) is 3.88. The summed E-state index contributed by atoms with van der Waals surface area (Å²) in [6.07, 6.45) is 2.40. The SMILES string of the molecule is CCSc1ccc(C(N)Cc2cccnc2N)cc1. The highest BCUT2D eigenvalue weighted by atomic mass is 32.2. The number of nitrogens with zero attached hydrogens (tertiary/aromatic N) is 1. The highest BCUT2D eigenvalue weighted by molar-refractivity contribution is 7.99. The van der Waals surface area contributed by atoms with E-state index in [0.717, 1.165) is 16.9 Å². The topological polar surface area (TPSA) is 64.9 Å². The number of rotatable bonds is 5. The Morgan fingerprint density at radius 3 is 2.58 bits per heavy atom. The molecular formula is C15H19N3S. The maximum Gasteiger partial charge on any atom is 0.126 e. The number of anilines is 1. The van der Waals surface area contributed by atoms with Crippen molar-refractivity contribution in [2.75, 3.05) is 11.5 Å². The van der Waals surface area contributed by atoms with E-state index in [2.05, 4.69) is 36.2 Å². The molecule has 0 radical (unpaired) electrons. The molecule has 1 atom stereocenters. The lowest BCUT2D eigenvalue weighted by Crippen LogP contribution is -2.14. The standard InChI is InChI=1S/C15H19N3S/c1-2-19-13-7-5-11(6-8-13)14(16)10-12-4-3-9-18-15(12)17/h3-9,14H,2,10,16H2,1H3,(H2,17,18). The summed E-state index contributed by atoms with van der Waals surface area (Å²) in [6.45, 7) is 2.15. The smallest absolute Gasteiger partial charge is 0.126 e. The van der Waals surface area contributed by atoms with Gasteiger partial charge in [0.2, 0.25) is 0 Å². The zero-order valence-corrected chi connectivity index (χ0v) is 11.9. The minimum atomic E-state index is -0.0489. The molecule has 0 aliphatic heterocycles. The summed E-state index contributed by atoms with van der Waals surface area (Å²) in [5, 5.41) is 0. The van der Waals surface area contributed by atoms with Crippen LogP contribution < -0.4 is 11.5 Å². The first-order chi connectivity index (χ1) is 9.20. The molecule has 0 amide bonds. The molecule has 4 N–H and O–H groups in total. The highest BCUT2D eigenvalue weighted by Crippen LogP contribution is 2.22. The zero-order valence-electron chi connectivity index (χ0n) is 11.0. The summed E-state index contributed by atoms with van der Waals surface area (Å²) in [5.41, 5.74) is 14.2. The number of nitrogen functional groups attached to an aromatic ring is 1. The maximum absolute atomic E-state index is 6.23. The number of nitrogens with two attached hydrogens (primary N) is 2. The second-order valence-corrected chi connectivity index (χ2v) is 5.70. The lowest BCUT2D eigenvalue weighted by Gasteiger charge is -2.13. The first kappa shape index (κ1) is 13.9. The summed E-state index contributed by atoms with van der Waals surface area (Å²) in [7, 11) is 0. The molecule has 2 aromatic rings. The molecule has 100 valence electrons. The largest absolute Gasteiger partial charge is 0.383 e. The molecule has 4 heteroatoms. The lowest BCUT2D eigenvalue weighted by atomic mass is 10.0. The summed E-state index contributed by atoms with van der Waals surface area (Å²) in [6, 6.07) is 12.2. The van der Waals surface area contributed by atoms with Gasteiger partial charge in [0.1, 0.15) is 5.82 Å². The molecule has 1 aromatic carbocycles. The van der Waals surface area contributed by atoms with E-state index in [9.17, 15) is 0 Å². The fourth-order valence-electron chi connectivity index (χ4n) is 1.96. The van der Waals surface area contributed by atoms with Gasteiger partial charge in [-0.15, -0.1) is 11.8 Å². The number of aromatic nitrogens is 1. The first-order valence-electron chi connectivity index (χ1n) is 6.38. The molecule has 0 aliphatic rings. The number of benzene rings is 1. The van der Waals surface area contributed by atoms with Gasteiger partial charge in [0, 0.05) is 17.1 Å². The Balaban J connectivity index is 2.07. The molecule has 1 aromatic heterocycles. The Labute approximate surface area is 118 Å². The van der Waals surface area contributed by atoms with Gasteiger partial charge in [-0.2, -0.15) is 0 Å². The van der Waals surface area contributed by atoms with Crippen LogP contribution in [0.1, 0.15) is 24.1 Å². The molecule has 19 heavy (non-hydrogen) atoms. The quantitative estimate of drug-likeness (QED) is 0.822. The average molecular weight is 273 g/mol. The summed E-state index contributed by atoms with van der Waals surface area (Å²) in [5.74, 6) is 1.65. The van der Waals surface area contributed by atoms with Crippen LogP contribution in [-0.2, 0) is 6.42 Å². The van der Waals surface area contributed by atoms with Crippen LogP contribution in [0.3, 0.4) is 0 Å². The van der Waals surface area contributed by atoms with Gasteiger partial charge in [0.05, 0.1) is 0 Å². The molecule has 0 spiro atoms. The zero-order chi connectivity index (χ0) is 13.7. The van der Waals surface area contributed by atoms with E-state index in [1.54, 1.807) is 6.20 Å². The number of thioether (sulfide) groups is 1. The van der Waals surface area contributed by atoms with Crippen molar-refractivity contribution in [3.05, 3.63) is 53.7 Å². The van der Waals surface area contributed by atoms with Crippen LogP contribution in [-0.4, -0.2) is 10.7 Å². The van der Waals surface area contributed by atoms with Gasteiger partial charge in [-0.05, 0) is 41.5 Å². The Kier molecular flexibility index (Phi) is 4.82. The van der Waals surface area contributed by atoms with Crippen molar-refractivity contribution in [1.29, 1.82) is 0 Å². The van der Waals surface area contributed by atoms with Crippen molar-refractivity contribution in [2.24, 2.45) is 5.73 Å². The predicted octanol–water partition coefficient (Wildman–Crippen LogP) is 3.02. The molecule has 0 saturated heterocycles. The molecule has 2 rings (SSSR count). The summed E-state index contributed by atoms with van der Waals surface area (Å²) in [4.78, 5) is 5.36. The van der Waals surface area contributed by atoms with Crippen molar-refractivity contribution in [3.63, 3.8) is 0 Å². The summed E-state index contributed by atoms with van der Waals surface area (Å²) < 4.78 is 0. The molecule has 0 fully saturated rings. The Morgan fingerprint density at radius 2 is 1.95 bits per heavy atom. The Hall–Kier alpha value is -1.52. The number of hydrogen-bond donors (Lipinski definition) is 2. The third-order valence-electron chi connectivity index (χ3n) is 2.99. The van der Waals surface area contributed by atoms with E-state index in [-0.39, 0.29) is 6.04 Å². The Bertz CT molecular complexity index is 525. The average Bonchev–Trinajstić information content (AvgIpc) is 2.42. The molecule has 0 saturated carbocycles. The van der Waals surface area contributed by atoms with Crippen LogP contribution in [0, 0.1) is 0 Å². The lowest BCUT2D eigenvalue weighted by molar-refractivity contribution is 0.720. The van der Waals surface area contributed by atoms with E-state index in [0.29, 0.717) is 12.2 Å². The minimum Gasteiger partial charge on any atom is -0.383 e. The normalized spacial score (nSPS) is 12.3. The van der Waals surface area contributed by atoms with Crippen LogP contribution >= 0.6 is 11.8 Å². The van der Waals surface area contributed by atoms with Crippen molar-refractivity contribution < 1.29 is 0 Å². The van der Waals surface area contributed by atoms with Crippen molar-refractivity contribution >= 4 is 17.6 Å². The van der Waals surface area contributed by atoms with Gasteiger partial charge in [-0.1, -0.05) is 25.1 Å². The molecule has 1 heterocycles. The van der Waals surface area contributed by atoms with Gasteiger partial charge in [-0.3, -0.25) is 0 Å². The van der Waals surface area contributed by atoms with Crippen LogP contribution in [0.4, 0.5) is 5.82 Å². The molecule has 1 unspecified atom stereocenters. The van der Waals surface area contributed by atoms with E-state index in [1.165, 1.54) is 4.90 Å². The third kappa shape index (κ3) is 3.72. The maximum atomic E-state index is 6.23. The van der Waals surface area contributed by atoms with Gasteiger partial charge in [0.25, 0.3) is 0 Å². The van der Waals surface area contributed by atoms with Crippen molar-refractivity contribution in [3.8, 4) is 0 Å². The van der Waals surface area contributed by atoms with Gasteiger partial charge in [0.15, 0.2) is 0 Å². The van der Waals surface area contributed by atoms with Crippen molar-refractivity contribution in [1.82, 2.24) is 4.98 Å². The van der Waals surface area contributed by atoms with E-state index in [4.69, 9.17) is 11.5 Å².